The molecule has 1 rings (SSSR count). The maximum atomic E-state index is 5.03. The van der Waals surface area contributed by atoms with Crippen LogP contribution in [0.15, 0.2) is 36.4 Å². The molecule has 0 aromatic heterocycles. The van der Waals surface area contributed by atoms with Gasteiger partial charge in [-0.05, 0) is 17.9 Å². The first-order valence-electron chi connectivity index (χ1n) is 3.64. The Labute approximate surface area is 82.7 Å². The number of thioether (sulfide) groups is 1. The molecule has 0 nitrogen and oxygen atoms in total. The molecule has 0 saturated heterocycles. The van der Waals surface area contributed by atoms with E-state index < -0.39 is 0 Å². The predicted molar refractivity (Wildman–Crippen MR) is 61.6 cm³/mol. The summed E-state index contributed by atoms with van der Waals surface area (Å²) in [6, 6.07) is 10.1. The Hall–Kier alpha value is -0.600. The van der Waals surface area contributed by atoms with Crippen molar-refractivity contribution in [3.05, 3.63) is 42.0 Å². The molecule has 0 bridgehead atoms. The first-order valence-corrected chi connectivity index (χ1v) is 5.27. The van der Waals surface area contributed by atoms with Crippen LogP contribution >= 0.6 is 24.0 Å². The number of hydrogen-bond acceptors (Lipinski definition) is 2. The zero-order valence-electron chi connectivity index (χ0n) is 6.86. The van der Waals surface area contributed by atoms with Crippen LogP contribution in [-0.4, -0.2) is 10.5 Å². The maximum absolute atomic E-state index is 5.03. The standard InChI is InChI=1S/C10H10S2/c1-12-10(11)8-7-9-5-3-2-4-6-9/h2-8H,1H3. The molecule has 0 amide bonds. The van der Waals surface area contributed by atoms with Crippen molar-refractivity contribution in [2.75, 3.05) is 6.26 Å². The SMILES string of the molecule is CSC(=S)C=Cc1ccccc1. The van der Waals surface area contributed by atoms with E-state index in [-0.39, 0.29) is 0 Å². The third kappa shape index (κ3) is 3.20. The Bertz CT molecular complexity index is 275. The van der Waals surface area contributed by atoms with Gasteiger partial charge in [0, 0.05) is 0 Å². The number of benzene rings is 1. The van der Waals surface area contributed by atoms with Crippen LogP contribution in [0.3, 0.4) is 0 Å². The van der Waals surface area contributed by atoms with Gasteiger partial charge in [0.2, 0.25) is 0 Å². The minimum Gasteiger partial charge on any atom is -0.118 e. The van der Waals surface area contributed by atoms with Gasteiger partial charge in [0.1, 0.15) is 0 Å². The van der Waals surface area contributed by atoms with Gasteiger partial charge in [-0.2, -0.15) is 0 Å². The van der Waals surface area contributed by atoms with Crippen LogP contribution in [0.2, 0.25) is 0 Å². The Morgan fingerprint density at radius 2 is 2.00 bits per heavy atom. The zero-order valence-corrected chi connectivity index (χ0v) is 8.49. The largest absolute Gasteiger partial charge is 0.118 e. The van der Waals surface area contributed by atoms with Gasteiger partial charge in [0.15, 0.2) is 0 Å². The van der Waals surface area contributed by atoms with Crippen LogP contribution < -0.4 is 0 Å². The van der Waals surface area contributed by atoms with Crippen molar-refractivity contribution in [3.8, 4) is 0 Å². The van der Waals surface area contributed by atoms with Gasteiger partial charge < -0.3 is 0 Å². The van der Waals surface area contributed by atoms with E-state index in [1.54, 1.807) is 11.8 Å². The summed E-state index contributed by atoms with van der Waals surface area (Å²) in [5.41, 5.74) is 1.19. The topological polar surface area (TPSA) is 0 Å². The highest BCUT2D eigenvalue weighted by Gasteiger charge is 1.85. The van der Waals surface area contributed by atoms with Gasteiger partial charge in [-0.1, -0.05) is 48.6 Å². The van der Waals surface area contributed by atoms with Crippen molar-refractivity contribution < 1.29 is 0 Å². The van der Waals surface area contributed by atoms with E-state index >= 15 is 0 Å². The highest BCUT2D eigenvalue weighted by Crippen LogP contribution is 2.05. The van der Waals surface area contributed by atoms with E-state index in [2.05, 4.69) is 12.1 Å². The summed E-state index contributed by atoms with van der Waals surface area (Å²) in [7, 11) is 0. The lowest BCUT2D eigenvalue weighted by atomic mass is 10.2. The molecule has 1 aromatic rings. The van der Waals surface area contributed by atoms with Crippen molar-refractivity contribution >= 4 is 34.3 Å². The van der Waals surface area contributed by atoms with E-state index in [9.17, 15) is 0 Å². The first kappa shape index (κ1) is 9.49. The lowest BCUT2D eigenvalue weighted by molar-refractivity contribution is 1.66. The third-order valence-electron chi connectivity index (χ3n) is 1.41. The average Bonchev–Trinajstić information content (AvgIpc) is 2.16. The summed E-state index contributed by atoms with van der Waals surface area (Å²) in [6.07, 6.45) is 5.96. The molecule has 2 heteroatoms. The fraction of sp³-hybridized carbons (Fsp3) is 0.100. The van der Waals surface area contributed by atoms with E-state index in [1.165, 1.54) is 5.56 Å². The molecule has 62 valence electrons. The second-order valence-electron chi connectivity index (χ2n) is 2.27. The van der Waals surface area contributed by atoms with Crippen LogP contribution in [0.5, 0.6) is 0 Å². The van der Waals surface area contributed by atoms with E-state index in [4.69, 9.17) is 12.2 Å². The summed E-state index contributed by atoms with van der Waals surface area (Å²) in [6.45, 7) is 0. The van der Waals surface area contributed by atoms with Crippen LogP contribution in [0.25, 0.3) is 6.08 Å². The van der Waals surface area contributed by atoms with Crippen molar-refractivity contribution in [3.63, 3.8) is 0 Å². The summed E-state index contributed by atoms with van der Waals surface area (Å²) in [5, 5.41) is 0. The number of rotatable bonds is 2. The fourth-order valence-corrected chi connectivity index (χ4v) is 1.07. The zero-order chi connectivity index (χ0) is 8.81. The lowest BCUT2D eigenvalue weighted by Gasteiger charge is -1.91. The van der Waals surface area contributed by atoms with Crippen LogP contribution in [-0.2, 0) is 0 Å². The lowest BCUT2D eigenvalue weighted by Crippen LogP contribution is -1.76. The molecule has 0 aliphatic rings. The van der Waals surface area contributed by atoms with E-state index in [0.717, 1.165) is 4.20 Å². The molecule has 0 unspecified atom stereocenters. The molecule has 0 radical (unpaired) electrons. The first-order chi connectivity index (χ1) is 5.83. The van der Waals surface area contributed by atoms with Crippen LogP contribution in [0.4, 0.5) is 0 Å². The highest BCUT2D eigenvalue weighted by atomic mass is 32.2. The summed E-state index contributed by atoms with van der Waals surface area (Å²) >= 11 is 6.62. The Morgan fingerprint density at radius 3 is 2.58 bits per heavy atom. The molecular weight excluding hydrogens is 184 g/mol. The Balaban J connectivity index is 2.64. The molecule has 0 spiro atoms. The van der Waals surface area contributed by atoms with E-state index in [1.807, 2.05) is 36.6 Å². The molecule has 0 atom stereocenters. The van der Waals surface area contributed by atoms with Crippen LogP contribution in [0.1, 0.15) is 5.56 Å². The van der Waals surface area contributed by atoms with Crippen molar-refractivity contribution in [1.82, 2.24) is 0 Å². The normalized spacial score (nSPS) is 10.4. The second-order valence-corrected chi connectivity index (χ2v) is 3.81. The molecule has 12 heavy (non-hydrogen) atoms. The molecule has 1 aromatic carbocycles. The minimum absolute atomic E-state index is 0.916. The summed E-state index contributed by atoms with van der Waals surface area (Å²) in [5.74, 6) is 0. The van der Waals surface area contributed by atoms with Gasteiger partial charge in [0.05, 0.1) is 4.20 Å². The number of thiocarbonyl (C=S) groups is 1. The maximum Gasteiger partial charge on any atom is 0.0703 e. The van der Waals surface area contributed by atoms with Gasteiger partial charge in [-0.15, -0.1) is 11.8 Å². The molecule has 0 saturated carbocycles. The Morgan fingerprint density at radius 1 is 1.33 bits per heavy atom. The fourth-order valence-electron chi connectivity index (χ4n) is 0.796. The van der Waals surface area contributed by atoms with Gasteiger partial charge in [-0.3, -0.25) is 0 Å². The van der Waals surface area contributed by atoms with Gasteiger partial charge in [-0.25, -0.2) is 0 Å². The van der Waals surface area contributed by atoms with Crippen molar-refractivity contribution in [2.24, 2.45) is 0 Å². The molecule has 0 fully saturated rings. The molecule has 0 N–H and O–H groups in total. The van der Waals surface area contributed by atoms with Gasteiger partial charge >= 0.3 is 0 Å². The summed E-state index contributed by atoms with van der Waals surface area (Å²) < 4.78 is 0.916. The quantitative estimate of drug-likeness (QED) is 0.523. The molecular formula is C10H10S2. The molecule has 0 aliphatic carbocycles. The number of hydrogen-bond donors (Lipinski definition) is 0. The minimum atomic E-state index is 0.916. The molecule has 0 aliphatic heterocycles. The van der Waals surface area contributed by atoms with E-state index in [0.29, 0.717) is 0 Å². The monoisotopic (exact) mass is 194 g/mol. The Kier molecular flexibility index (Phi) is 4.05. The average molecular weight is 194 g/mol. The van der Waals surface area contributed by atoms with Crippen LogP contribution in [0, 0.1) is 0 Å². The van der Waals surface area contributed by atoms with Gasteiger partial charge in [0.25, 0.3) is 0 Å². The molecule has 0 heterocycles. The predicted octanol–water partition coefficient (Wildman–Crippen LogP) is 3.39. The van der Waals surface area contributed by atoms with Crippen molar-refractivity contribution in [1.29, 1.82) is 0 Å². The highest BCUT2D eigenvalue weighted by molar-refractivity contribution is 8.23. The summed E-state index contributed by atoms with van der Waals surface area (Å²) in [4.78, 5) is 0. The smallest absolute Gasteiger partial charge is 0.0703 e. The third-order valence-corrected chi connectivity index (χ3v) is 2.59. The van der Waals surface area contributed by atoms with Crippen molar-refractivity contribution in [2.45, 2.75) is 0 Å². The second kappa shape index (κ2) is 5.12.